The Bertz CT molecular complexity index is 1700. The molecule has 10 heteroatoms. The van der Waals surface area contributed by atoms with Gasteiger partial charge in [0.1, 0.15) is 16.9 Å². The van der Waals surface area contributed by atoms with Crippen LogP contribution >= 0.6 is 0 Å². The number of hydrogen-bond donors (Lipinski definition) is 2. The van der Waals surface area contributed by atoms with Gasteiger partial charge in [-0.25, -0.2) is 9.97 Å². The molecule has 1 saturated carbocycles. The summed E-state index contributed by atoms with van der Waals surface area (Å²) >= 11 is 0. The molecule has 0 spiro atoms. The zero-order valence-corrected chi connectivity index (χ0v) is 24.1. The van der Waals surface area contributed by atoms with Crippen LogP contribution in [-0.4, -0.2) is 61.1 Å². The standard InChI is InChI=1S/C31H37N7O3/c1-16(33-17(2)39)23-9-7-19-12-26(37(29(19)34-23)15-18-5-6-18)30-35-24-11-20(13-27(41-4)28(24)36(30)3)31(40)38-21-8-10-25(38)22(32)14-21/h7,9,11-13,16,18,21-22,25H,5-6,8,10,14-15,32H2,1-4H3,(H,33,39)/t16-,21+,22-,25-/m1/s1. The van der Waals surface area contributed by atoms with Crippen molar-refractivity contribution < 1.29 is 14.3 Å². The van der Waals surface area contributed by atoms with Crippen molar-refractivity contribution in [2.75, 3.05) is 7.11 Å². The van der Waals surface area contributed by atoms with E-state index in [1.54, 1.807) is 7.11 Å². The first-order chi connectivity index (χ1) is 19.7. The number of aryl methyl sites for hydroxylation is 1. The highest BCUT2D eigenvalue weighted by Gasteiger charge is 2.47. The summed E-state index contributed by atoms with van der Waals surface area (Å²) in [7, 11) is 3.63. The Balaban J connectivity index is 1.33. The van der Waals surface area contributed by atoms with Gasteiger partial charge in [0.25, 0.3) is 5.91 Å². The highest BCUT2D eigenvalue weighted by atomic mass is 16.5. The Labute approximate surface area is 238 Å². The minimum Gasteiger partial charge on any atom is -0.494 e. The lowest BCUT2D eigenvalue weighted by Crippen LogP contribution is -2.40. The van der Waals surface area contributed by atoms with Gasteiger partial charge in [0.2, 0.25) is 5.91 Å². The average molecular weight is 556 g/mol. The van der Waals surface area contributed by atoms with Gasteiger partial charge in [-0.2, -0.15) is 0 Å². The monoisotopic (exact) mass is 555 g/mol. The van der Waals surface area contributed by atoms with E-state index in [-0.39, 0.29) is 36.0 Å². The topological polar surface area (TPSA) is 120 Å². The van der Waals surface area contributed by atoms with Crippen LogP contribution in [0.25, 0.3) is 33.6 Å². The molecule has 3 aliphatic rings. The van der Waals surface area contributed by atoms with E-state index in [2.05, 4.69) is 26.6 Å². The average Bonchev–Trinajstić information content (AvgIpc) is 3.27. The maximum Gasteiger partial charge on any atom is 0.254 e. The molecule has 5 heterocycles. The maximum atomic E-state index is 13.7. The summed E-state index contributed by atoms with van der Waals surface area (Å²) in [5.41, 5.74) is 11.2. The number of rotatable bonds is 7. The van der Waals surface area contributed by atoms with Crippen molar-refractivity contribution in [2.24, 2.45) is 18.7 Å². The van der Waals surface area contributed by atoms with Gasteiger partial charge in [0.05, 0.1) is 30.1 Å². The number of carbonyl (C=O) groups is 2. The molecule has 1 aromatic carbocycles. The van der Waals surface area contributed by atoms with Crippen LogP contribution < -0.4 is 15.8 Å². The van der Waals surface area contributed by atoms with E-state index in [4.69, 9.17) is 20.4 Å². The molecule has 2 amide bonds. The van der Waals surface area contributed by atoms with Crippen LogP contribution in [0.1, 0.15) is 68.0 Å². The first kappa shape index (κ1) is 26.0. The SMILES string of the molecule is COc1cc(C(=O)N2[C@H]3CC[C@@H]2[C@H](N)C3)cc2nc(-c3cc4ccc([C@@H](C)NC(C)=O)nc4n3CC3CC3)n(C)c12. The molecule has 2 saturated heterocycles. The summed E-state index contributed by atoms with van der Waals surface area (Å²) in [6.07, 6.45) is 5.25. The van der Waals surface area contributed by atoms with E-state index >= 15 is 0 Å². The zero-order chi connectivity index (χ0) is 28.6. The van der Waals surface area contributed by atoms with Crippen molar-refractivity contribution in [3.8, 4) is 17.3 Å². The molecule has 2 bridgehead atoms. The summed E-state index contributed by atoms with van der Waals surface area (Å²) in [5, 5.41) is 3.96. The van der Waals surface area contributed by atoms with E-state index in [1.165, 1.54) is 19.8 Å². The fraction of sp³-hybridized carbons (Fsp3) is 0.484. The highest BCUT2D eigenvalue weighted by Crippen LogP contribution is 2.40. The number of nitrogens with zero attached hydrogens (tertiary/aromatic N) is 5. The Morgan fingerprint density at radius 3 is 2.61 bits per heavy atom. The number of nitrogens with one attached hydrogen (secondary N) is 1. The third-order valence-electron chi connectivity index (χ3n) is 9.22. The third kappa shape index (κ3) is 4.27. The number of hydrogen-bond acceptors (Lipinski definition) is 6. The molecule has 1 aliphatic carbocycles. The van der Waals surface area contributed by atoms with E-state index < -0.39 is 0 Å². The summed E-state index contributed by atoms with van der Waals surface area (Å²) in [6, 6.07) is 10.1. The smallest absolute Gasteiger partial charge is 0.254 e. The van der Waals surface area contributed by atoms with Gasteiger partial charge in [0, 0.05) is 49.6 Å². The van der Waals surface area contributed by atoms with Gasteiger partial charge in [-0.3, -0.25) is 9.59 Å². The fourth-order valence-electron chi connectivity index (χ4n) is 7.01. The summed E-state index contributed by atoms with van der Waals surface area (Å²) < 4.78 is 10.1. The summed E-state index contributed by atoms with van der Waals surface area (Å²) in [4.78, 5) is 37.5. The van der Waals surface area contributed by atoms with Crippen LogP contribution in [0.2, 0.25) is 0 Å². The number of fused-ring (bicyclic) bond motifs is 4. The molecular formula is C31H37N7O3. The van der Waals surface area contributed by atoms with Crippen molar-refractivity contribution in [3.63, 3.8) is 0 Å². The van der Waals surface area contributed by atoms with Crippen molar-refractivity contribution >= 4 is 33.9 Å². The quantitative estimate of drug-likeness (QED) is 0.357. The van der Waals surface area contributed by atoms with Gasteiger partial charge in [0.15, 0.2) is 5.82 Å². The van der Waals surface area contributed by atoms with Crippen molar-refractivity contribution in [1.29, 1.82) is 0 Å². The van der Waals surface area contributed by atoms with Crippen molar-refractivity contribution in [1.82, 2.24) is 29.3 Å². The second-order valence-corrected chi connectivity index (χ2v) is 12.1. The number of imidazole rings is 1. The molecule has 4 aromatic rings. The van der Waals surface area contributed by atoms with Crippen LogP contribution in [-0.2, 0) is 18.4 Å². The minimum absolute atomic E-state index is 0.00530. The van der Waals surface area contributed by atoms with Crippen LogP contribution in [0, 0.1) is 5.92 Å². The summed E-state index contributed by atoms with van der Waals surface area (Å²) in [6.45, 7) is 4.32. The molecule has 214 valence electrons. The van der Waals surface area contributed by atoms with Crippen LogP contribution in [0.3, 0.4) is 0 Å². The molecular weight excluding hydrogens is 518 g/mol. The van der Waals surface area contributed by atoms with Crippen LogP contribution in [0.4, 0.5) is 0 Å². The molecule has 10 nitrogen and oxygen atoms in total. The van der Waals surface area contributed by atoms with Gasteiger partial charge in [-0.1, -0.05) is 0 Å². The lowest BCUT2D eigenvalue weighted by atomic mass is 9.97. The van der Waals surface area contributed by atoms with Crippen molar-refractivity contribution in [3.05, 3.63) is 41.6 Å². The van der Waals surface area contributed by atoms with E-state index in [9.17, 15) is 9.59 Å². The highest BCUT2D eigenvalue weighted by molar-refractivity contribution is 6.00. The predicted octanol–water partition coefficient (Wildman–Crippen LogP) is 3.91. The number of amides is 2. The Morgan fingerprint density at radius 2 is 1.95 bits per heavy atom. The molecule has 7 rings (SSSR count). The number of nitrogens with two attached hydrogens (primary N) is 1. The van der Waals surface area contributed by atoms with E-state index in [0.717, 1.165) is 65.1 Å². The first-order valence-corrected chi connectivity index (χ1v) is 14.6. The predicted molar refractivity (Wildman–Crippen MR) is 157 cm³/mol. The lowest BCUT2D eigenvalue weighted by molar-refractivity contribution is -0.119. The van der Waals surface area contributed by atoms with Gasteiger partial charge < -0.3 is 29.8 Å². The van der Waals surface area contributed by atoms with E-state index in [1.807, 2.05) is 37.1 Å². The molecule has 4 atom stereocenters. The number of methoxy groups -OCH3 is 1. The number of carbonyl (C=O) groups excluding carboxylic acids is 2. The van der Waals surface area contributed by atoms with Gasteiger partial charge >= 0.3 is 0 Å². The second-order valence-electron chi connectivity index (χ2n) is 12.1. The van der Waals surface area contributed by atoms with Crippen LogP contribution in [0.15, 0.2) is 30.3 Å². The van der Waals surface area contributed by atoms with Gasteiger partial charge in [-0.05, 0) is 75.3 Å². The third-order valence-corrected chi connectivity index (χ3v) is 9.22. The Hall–Kier alpha value is -3.92. The number of benzene rings is 1. The summed E-state index contributed by atoms with van der Waals surface area (Å²) in [5.74, 6) is 1.95. The molecule has 3 fully saturated rings. The minimum atomic E-state index is -0.194. The van der Waals surface area contributed by atoms with Crippen LogP contribution in [0.5, 0.6) is 5.75 Å². The second kappa shape index (κ2) is 9.58. The number of ether oxygens (including phenoxy) is 1. The van der Waals surface area contributed by atoms with E-state index in [0.29, 0.717) is 17.2 Å². The molecule has 0 radical (unpaired) electrons. The molecule has 2 aliphatic heterocycles. The van der Waals surface area contributed by atoms with Gasteiger partial charge in [-0.15, -0.1) is 0 Å². The first-order valence-electron chi connectivity index (χ1n) is 14.6. The molecule has 3 N–H and O–H groups in total. The maximum absolute atomic E-state index is 13.7. The normalized spacial score (nSPS) is 22.6. The molecule has 41 heavy (non-hydrogen) atoms. The van der Waals surface area contributed by atoms with Crippen molar-refractivity contribution in [2.45, 2.75) is 76.7 Å². The largest absolute Gasteiger partial charge is 0.494 e. The molecule has 0 unspecified atom stereocenters. The zero-order valence-electron chi connectivity index (χ0n) is 24.1. The fourth-order valence-corrected chi connectivity index (χ4v) is 7.01. The number of pyridine rings is 1. The number of aromatic nitrogens is 4. The lowest BCUT2D eigenvalue weighted by Gasteiger charge is -2.23. The molecule has 3 aromatic heterocycles. The Morgan fingerprint density at radius 1 is 1.15 bits per heavy atom. The Kier molecular flexibility index (Phi) is 6.08.